The third-order valence-corrected chi connectivity index (χ3v) is 2.80. The van der Waals surface area contributed by atoms with Gasteiger partial charge in [-0.1, -0.05) is 5.16 Å². The van der Waals surface area contributed by atoms with Crippen molar-refractivity contribution in [1.29, 1.82) is 0 Å². The zero-order valence-electron chi connectivity index (χ0n) is 8.71. The van der Waals surface area contributed by atoms with Crippen molar-refractivity contribution in [3.8, 4) is 11.4 Å². The fourth-order valence-electron chi connectivity index (χ4n) is 1.65. The van der Waals surface area contributed by atoms with Gasteiger partial charge in [-0.25, -0.2) is 0 Å². The fraction of sp³-hybridized carbons (Fsp3) is 0.364. The van der Waals surface area contributed by atoms with Crippen LogP contribution in [0.5, 0.6) is 0 Å². The minimum Gasteiger partial charge on any atom is -0.337 e. The molecule has 1 aliphatic rings. The van der Waals surface area contributed by atoms with Crippen molar-refractivity contribution in [3.63, 3.8) is 0 Å². The molecule has 5 heteroatoms. The molecule has 5 nitrogen and oxygen atoms in total. The van der Waals surface area contributed by atoms with Gasteiger partial charge in [-0.05, 0) is 30.9 Å². The summed E-state index contributed by atoms with van der Waals surface area (Å²) in [4.78, 5) is 8.25. The molecule has 0 aromatic carbocycles. The number of aromatic nitrogens is 3. The second-order valence-corrected chi connectivity index (χ2v) is 4.06. The molecule has 82 valence electrons. The van der Waals surface area contributed by atoms with Gasteiger partial charge in [0.2, 0.25) is 11.7 Å². The summed E-state index contributed by atoms with van der Waals surface area (Å²) in [7, 11) is 0. The molecular formula is C11H12N4O. The van der Waals surface area contributed by atoms with Crippen molar-refractivity contribution >= 4 is 0 Å². The van der Waals surface area contributed by atoms with Crippen LogP contribution in [0.1, 0.15) is 24.8 Å². The standard InChI is InChI=1S/C11H12N4O/c12-9(7-1-2-7)11-14-10(15-16-11)8-3-5-13-6-4-8/h3-7,9H,1-2,12H2. The van der Waals surface area contributed by atoms with E-state index >= 15 is 0 Å². The molecule has 0 bridgehead atoms. The van der Waals surface area contributed by atoms with Gasteiger partial charge in [-0.15, -0.1) is 0 Å². The van der Waals surface area contributed by atoms with Crippen LogP contribution in [0.15, 0.2) is 29.0 Å². The number of hydrogen-bond acceptors (Lipinski definition) is 5. The monoisotopic (exact) mass is 216 g/mol. The van der Waals surface area contributed by atoms with Gasteiger partial charge < -0.3 is 10.3 Å². The van der Waals surface area contributed by atoms with Gasteiger partial charge in [0.1, 0.15) is 0 Å². The topological polar surface area (TPSA) is 77.8 Å². The smallest absolute Gasteiger partial charge is 0.244 e. The van der Waals surface area contributed by atoms with Crippen molar-refractivity contribution in [2.24, 2.45) is 11.7 Å². The normalized spacial score (nSPS) is 17.3. The van der Waals surface area contributed by atoms with E-state index in [-0.39, 0.29) is 6.04 Å². The minimum atomic E-state index is -0.108. The van der Waals surface area contributed by atoms with Crippen molar-refractivity contribution in [3.05, 3.63) is 30.4 Å². The van der Waals surface area contributed by atoms with Crippen LogP contribution in [-0.4, -0.2) is 15.1 Å². The number of nitrogens with two attached hydrogens (primary N) is 1. The molecule has 1 fully saturated rings. The Morgan fingerprint density at radius 2 is 2.06 bits per heavy atom. The number of rotatable bonds is 3. The SMILES string of the molecule is NC(c1nc(-c2ccncc2)no1)C1CC1. The Kier molecular flexibility index (Phi) is 2.18. The first kappa shape index (κ1) is 9.47. The number of pyridine rings is 1. The van der Waals surface area contributed by atoms with Crippen LogP contribution in [0.25, 0.3) is 11.4 Å². The van der Waals surface area contributed by atoms with Gasteiger partial charge in [0.25, 0.3) is 0 Å². The molecule has 2 N–H and O–H groups in total. The maximum atomic E-state index is 5.98. The van der Waals surface area contributed by atoms with Gasteiger partial charge in [0.05, 0.1) is 6.04 Å². The van der Waals surface area contributed by atoms with Gasteiger partial charge in [-0.3, -0.25) is 4.98 Å². The van der Waals surface area contributed by atoms with Crippen molar-refractivity contribution in [1.82, 2.24) is 15.1 Å². The zero-order chi connectivity index (χ0) is 11.0. The number of nitrogens with zero attached hydrogens (tertiary/aromatic N) is 3. The molecule has 1 atom stereocenters. The molecule has 1 saturated carbocycles. The molecule has 16 heavy (non-hydrogen) atoms. The Hall–Kier alpha value is -1.75. The van der Waals surface area contributed by atoms with Crippen LogP contribution in [0.3, 0.4) is 0 Å². The lowest BCUT2D eigenvalue weighted by Gasteiger charge is -2.01. The highest BCUT2D eigenvalue weighted by molar-refractivity contribution is 5.52. The first-order chi connectivity index (χ1) is 7.84. The minimum absolute atomic E-state index is 0.108. The summed E-state index contributed by atoms with van der Waals surface area (Å²) in [6, 6.07) is 3.58. The summed E-state index contributed by atoms with van der Waals surface area (Å²) in [5.41, 5.74) is 6.88. The Morgan fingerprint density at radius 3 is 2.75 bits per heavy atom. The van der Waals surface area contributed by atoms with E-state index in [1.807, 2.05) is 12.1 Å². The summed E-state index contributed by atoms with van der Waals surface area (Å²) < 4.78 is 5.18. The van der Waals surface area contributed by atoms with E-state index in [1.165, 1.54) is 0 Å². The van der Waals surface area contributed by atoms with Crippen molar-refractivity contribution < 1.29 is 4.52 Å². The third-order valence-electron chi connectivity index (χ3n) is 2.80. The molecule has 2 heterocycles. The lowest BCUT2D eigenvalue weighted by atomic mass is 10.2. The van der Waals surface area contributed by atoms with E-state index in [0.29, 0.717) is 17.6 Å². The molecule has 1 unspecified atom stereocenters. The summed E-state index contributed by atoms with van der Waals surface area (Å²) in [5.74, 6) is 1.63. The van der Waals surface area contributed by atoms with Crippen LogP contribution in [-0.2, 0) is 0 Å². The van der Waals surface area contributed by atoms with Crippen molar-refractivity contribution in [2.45, 2.75) is 18.9 Å². The number of hydrogen-bond donors (Lipinski definition) is 1. The highest BCUT2D eigenvalue weighted by Crippen LogP contribution is 2.39. The van der Waals surface area contributed by atoms with Gasteiger partial charge in [0.15, 0.2) is 0 Å². The van der Waals surface area contributed by atoms with Gasteiger partial charge >= 0.3 is 0 Å². The van der Waals surface area contributed by atoms with Crippen LogP contribution in [0, 0.1) is 5.92 Å². The fourth-order valence-corrected chi connectivity index (χ4v) is 1.65. The molecule has 0 saturated heterocycles. The maximum absolute atomic E-state index is 5.98. The average molecular weight is 216 g/mol. The van der Waals surface area contributed by atoms with E-state index in [2.05, 4.69) is 15.1 Å². The molecule has 0 radical (unpaired) electrons. The average Bonchev–Trinajstić information content (AvgIpc) is 3.07. The van der Waals surface area contributed by atoms with Gasteiger partial charge in [-0.2, -0.15) is 4.98 Å². The molecule has 0 aliphatic heterocycles. The molecule has 2 aromatic heterocycles. The summed E-state index contributed by atoms with van der Waals surface area (Å²) >= 11 is 0. The molecular weight excluding hydrogens is 204 g/mol. The molecule has 1 aliphatic carbocycles. The Bertz CT molecular complexity index is 478. The predicted molar refractivity (Wildman–Crippen MR) is 57.2 cm³/mol. The quantitative estimate of drug-likeness (QED) is 0.842. The van der Waals surface area contributed by atoms with Crippen LogP contribution in [0.2, 0.25) is 0 Å². The predicted octanol–water partition coefficient (Wildman–Crippen LogP) is 1.54. The maximum Gasteiger partial charge on any atom is 0.244 e. The Morgan fingerprint density at radius 1 is 1.31 bits per heavy atom. The van der Waals surface area contributed by atoms with Crippen molar-refractivity contribution in [2.75, 3.05) is 0 Å². The van der Waals surface area contributed by atoms with E-state index in [1.54, 1.807) is 12.4 Å². The zero-order valence-corrected chi connectivity index (χ0v) is 8.71. The summed E-state index contributed by atoms with van der Waals surface area (Å²) in [5, 5.41) is 3.92. The van der Waals surface area contributed by atoms with E-state index in [0.717, 1.165) is 18.4 Å². The molecule has 2 aromatic rings. The second kappa shape index (κ2) is 3.68. The highest BCUT2D eigenvalue weighted by Gasteiger charge is 2.33. The lowest BCUT2D eigenvalue weighted by Crippen LogP contribution is -2.12. The Labute approximate surface area is 92.7 Å². The first-order valence-corrected chi connectivity index (χ1v) is 5.34. The van der Waals surface area contributed by atoms with Crippen LogP contribution in [0.4, 0.5) is 0 Å². The molecule has 0 amide bonds. The Balaban J connectivity index is 1.87. The lowest BCUT2D eigenvalue weighted by molar-refractivity contribution is 0.343. The summed E-state index contributed by atoms with van der Waals surface area (Å²) in [6.07, 6.45) is 5.72. The molecule has 0 spiro atoms. The second-order valence-electron chi connectivity index (χ2n) is 4.06. The third kappa shape index (κ3) is 1.69. The van der Waals surface area contributed by atoms with Gasteiger partial charge in [0, 0.05) is 18.0 Å². The van der Waals surface area contributed by atoms with E-state index in [4.69, 9.17) is 10.3 Å². The highest BCUT2D eigenvalue weighted by atomic mass is 16.5. The molecule has 3 rings (SSSR count). The van der Waals surface area contributed by atoms with E-state index < -0.39 is 0 Å². The van der Waals surface area contributed by atoms with Crippen LogP contribution >= 0.6 is 0 Å². The van der Waals surface area contributed by atoms with E-state index in [9.17, 15) is 0 Å². The first-order valence-electron chi connectivity index (χ1n) is 5.34. The van der Waals surface area contributed by atoms with Crippen LogP contribution < -0.4 is 5.73 Å². The summed E-state index contributed by atoms with van der Waals surface area (Å²) in [6.45, 7) is 0. The largest absolute Gasteiger partial charge is 0.337 e.